The zero-order valence-electron chi connectivity index (χ0n) is 22.3. The van der Waals surface area contributed by atoms with Crippen LogP contribution >= 0.6 is 0 Å². The van der Waals surface area contributed by atoms with E-state index in [1.807, 2.05) is 38.1 Å². The van der Waals surface area contributed by atoms with E-state index in [2.05, 4.69) is 25.3 Å². The highest BCUT2D eigenvalue weighted by molar-refractivity contribution is 6.46. The highest BCUT2D eigenvalue weighted by Crippen LogP contribution is 2.40. The van der Waals surface area contributed by atoms with Crippen molar-refractivity contribution in [1.82, 2.24) is 9.80 Å². The summed E-state index contributed by atoms with van der Waals surface area (Å²) < 4.78 is 11.4. The summed E-state index contributed by atoms with van der Waals surface area (Å²) in [6.45, 7) is 15.1. The smallest absolute Gasteiger partial charge is 0.295 e. The molecular formula is C30H38N2O5. The van der Waals surface area contributed by atoms with Crippen molar-refractivity contribution in [2.45, 2.75) is 46.3 Å². The molecule has 1 heterocycles. The zero-order chi connectivity index (χ0) is 26.9. The monoisotopic (exact) mass is 506 g/mol. The highest BCUT2D eigenvalue weighted by Gasteiger charge is 2.45. The molecule has 0 saturated carbocycles. The average molecular weight is 507 g/mol. The summed E-state index contributed by atoms with van der Waals surface area (Å²) in [6.07, 6.45) is 2.37. The molecule has 3 rings (SSSR count). The molecule has 7 heteroatoms. The molecule has 198 valence electrons. The molecular weight excluding hydrogens is 468 g/mol. The normalized spacial score (nSPS) is 17.0. The van der Waals surface area contributed by atoms with Crippen LogP contribution in [-0.4, -0.2) is 65.5 Å². The van der Waals surface area contributed by atoms with Gasteiger partial charge in [0.1, 0.15) is 23.9 Å². The molecule has 0 radical (unpaired) electrons. The van der Waals surface area contributed by atoms with E-state index in [1.54, 1.807) is 35.2 Å². The minimum Gasteiger partial charge on any atom is -0.507 e. The summed E-state index contributed by atoms with van der Waals surface area (Å²) in [7, 11) is 0. The second kappa shape index (κ2) is 13.1. The van der Waals surface area contributed by atoms with E-state index < -0.39 is 17.7 Å². The van der Waals surface area contributed by atoms with Gasteiger partial charge in [0.2, 0.25) is 0 Å². The van der Waals surface area contributed by atoms with Gasteiger partial charge in [-0.25, -0.2) is 0 Å². The first-order chi connectivity index (χ1) is 17.8. The molecule has 0 spiro atoms. The lowest BCUT2D eigenvalue weighted by Gasteiger charge is -2.27. The van der Waals surface area contributed by atoms with Crippen LogP contribution in [0.2, 0.25) is 0 Å². The predicted octanol–water partition coefficient (Wildman–Crippen LogP) is 5.19. The number of hydrogen-bond acceptors (Lipinski definition) is 6. The maximum Gasteiger partial charge on any atom is 0.295 e. The van der Waals surface area contributed by atoms with E-state index in [4.69, 9.17) is 9.47 Å². The lowest BCUT2D eigenvalue weighted by molar-refractivity contribution is -0.140. The van der Waals surface area contributed by atoms with Crippen molar-refractivity contribution in [3.63, 3.8) is 0 Å². The first-order valence-electron chi connectivity index (χ1n) is 12.9. The van der Waals surface area contributed by atoms with E-state index >= 15 is 0 Å². The molecule has 7 nitrogen and oxygen atoms in total. The Bertz CT molecular complexity index is 1120. The third-order valence-corrected chi connectivity index (χ3v) is 6.35. The Kier molecular flexibility index (Phi) is 9.92. The fourth-order valence-electron chi connectivity index (χ4n) is 4.51. The summed E-state index contributed by atoms with van der Waals surface area (Å²) in [5, 5.41) is 11.3. The van der Waals surface area contributed by atoms with Gasteiger partial charge < -0.3 is 24.4 Å². The summed E-state index contributed by atoms with van der Waals surface area (Å²) in [5.41, 5.74) is 1.22. The Morgan fingerprint density at radius 3 is 2.43 bits per heavy atom. The number of hydrogen-bond donors (Lipinski definition) is 1. The number of aliphatic hydroxyl groups is 1. The molecule has 1 saturated heterocycles. The van der Waals surface area contributed by atoms with Crippen molar-refractivity contribution in [1.29, 1.82) is 0 Å². The number of likely N-dealkylation sites (tertiary alicyclic amines) is 1. The van der Waals surface area contributed by atoms with E-state index in [1.165, 1.54) is 0 Å². The number of Topliss-reactive ketones (excluding diaryl/α,β-unsaturated/α-hetero) is 1. The van der Waals surface area contributed by atoms with E-state index in [9.17, 15) is 14.7 Å². The summed E-state index contributed by atoms with van der Waals surface area (Å²) in [4.78, 5) is 30.4. The predicted molar refractivity (Wildman–Crippen MR) is 146 cm³/mol. The van der Waals surface area contributed by atoms with Gasteiger partial charge in [-0.3, -0.25) is 9.59 Å². The van der Waals surface area contributed by atoms with Crippen molar-refractivity contribution in [2.24, 2.45) is 0 Å². The van der Waals surface area contributed by atoms with Gasteiger partial charge >= 0.3 is 0 Å². The number of amides is 1. The molecule has 37 heavy (non-hydrogen) atoms. The molecule has 2 aromatic rings. The Morgan fingerprint density at radius 2 is 1.81 bits per heavy atom. The van der Waals surface area contributed by atoms with Crippen LogP contribution in [0.5, 0.6) is 11.5 Å². The number of carbonyl (C=O) groups excluding carboxylic acids is 2. The average Bonchev–Trinajstić information content (AvgIpc) is 3.15. The Balaban J connectivity index is 2.02. The summed E-state index contributed by atoms with van der Waals surface area (Å²) in [6, 6.07) is 13.4. The van der Waals surface area contributed by atoms with Gasteiger partial charge in [-0.05, 0) is 81.9 Å². The van der Waals surface area contributed by atoms with Crippen LogP contribution in [0.3, 0.4) is 0 Å². The lowest BCUT2D eigenvalue weighted by atomic mass is 9.95. The van der Waals surface area contributed by atoms with E-state index in [0.717, 1.165) is 19.6 Å². The Hall–Kier alpha value is -3.58. The molecule has 1 atom stereocenters. The molecule has 0 bridgehead atoms. The molecule has 1 aliphatic heterocycles. The lowest BCUT2D eigenvalue weighted by Crippen LogP contribution is -2.33. The standard InChI is InChI=1S/C30H38N2O5/c1-6-19-36-25-12-9-11-23(20-25)27-26(28(33)22-13-15-24(16-14-22)37-21(4)5)29(34)30(35)32(27)18-10-17-31(7-2)8-3/h6,9,11-16,20-21,27,33H,1,7-8,10,17-19H2,2-5H3/b28-26+/t27-/m1/s1. The molecule has 1 N–H and O–H groups in total. The number of nitrogens with zero attached hydrogens (tertiary/aromatic N) is 2. The minimum absolute atomic E-state index is 0.0108. The number of ketones is 1. The number of rotatable bonds is 13. The van der Waals surface area contributed by atoms with Crippen molar-refractivity contribution in [3.8, 4) is 11.5 Å². The molecule has 1 fully saturated rings. The fraction of sp³-hybridized carbons (Fsp3) is 0.400. The topological polar surface area (TPSA) is 79.3 Å². The van der Waals surface area contributed by atoms with Crippen molar-refractivity contribution >= 4 is 17.4 Å². The molecule has 2 aromatic carbocycles. The second-order valence-electron chi connectivity index (χ2n) is 9.24. The highest BCUT2D eigenvalue weighted by atomic mass is 16.5. The van der Waals surface area contributed by atoms with Crippen LogP contribution < -0.4 is 9.47 Å². The first kappa shape index (κ1) is 28.0. The van der Waals surface area contributed by atoms with E-state index in [0.29, 0.717) is 42.2 Å². The first-order valence-corrected chi connectivity index (χ1v) is 12.9. The van der Waals surface area contributed by atoms with Crippen LogP contribution in [0.15, 0.2) is 66.8 Å². The third-order valence-electron chi connectivity index (χ3n) is 6.35. The molecule has 1 aliphatic rings. The summed E-state index contributed by atoms with van der Waals surface area (Å²) >= 11 is 0. The zero-order valence-corrected chi connectivity index (χ0v) is 22.3. The quantitative estimate of drug-likeness (QED) is 0.174. The second-order valence-corrected chi connectivity index (χ2v) is 9.24. The third kappa shape index (κ3) is 6.80. The van der Waals surface area contributed by atoms with Crippen LogP contribution in [0.4, 0.5) is 0 Å². The van der Waals surface area contributed by atoms with Crippen molar-refractivity contribution in [2.75, 3.05) is 32.8 Å². The maximum atomic E-state index is 13.3. The molecule has 0 unspecified atom stereocenters. The van der Waals surface area contributed by atoms with Crippen LogP contribution in [0, 0.1) is 0 Å². The van der Waals surface area contributed by atoms with Crippen molar-refractivity contribution in [3.05, 3.63) is 77.9 Å². The van der Waals surface area contributed by atoms with Gasteiger partial charge in [-0.1, -0.05) is 38.6 Å². The SMILES string of the molecule is C=CCOc1cccc([C@@H]2/C(=C(\O)c3ccc(OC(C)C)cc3)C(=O)C(=O)N2CCCN(CC)CC)c1. The largest absolute Gasteiger partial charge is 0.507 e. The molecule has 0 aliphatic carbocycles. The van der Waals surface area contributed by atoms with Gasteiger partial charge in [0.15, 0.2) is 0 Å². The number of carbonyl (C=O) groups is 2. The number of aliphatic hydroxyl groups excluding tert-OH is 1. The van der Waals surface area contributed by atoms with E-state index in [-0.39, 0.29) is 17.4 Å². The summed E-state index contributed by atoms with van der Waals surface area (Å²) in [5.74, 6) is -0.245. The minimum atomic E-state index is -0.726. The maximum absolute atomic E-state index is 13.3. The van der Waals surface area contributed by atoms with Gasteiger partial charge in [0, 0.05) is 12.1 Å². The van der Waals surface area contributed by atoms with Gasteiger partial charge in [0.05, 0.1) is 17.7 Å². The Labute approximate surface area is 220 Å². The van der Waals surface area contributed by atoms with Crippen LogP contribution in [0.1, 0.15) is 51.3 Å². The molecule has 0 aromatic heterocycles. The Morgan fingerprint density at radius 1 is 1.11 bits per heavy atom. The molecule has 1 amide bonds. The van der Waals surface area contributed by atoms with Gasteiger partial charge in [-0.2, -0.15) is 0 Å². The fourth-order valence-corrected chi connectivity index (χ4v) is 4.51. The van der Waals surface area contributed by atoms with Gasteiger partial charge in [-0.15, -0.1) is 0 Å². The van der Waals surface area contributed by atoms with Crippen LogP contribution in [-0.2, 0) is 9.59 Å². The number of benzene rings is 2. The van der Waals surface area contributed by atoms with Crippen molar-refractivity contribution < 1.29 is 24.2 Å². The van der Waals surface area contributed by atoms with Crippen LogP contribution in [0.25, 0.3) is 5.76 Å². The van der Waals surface area contributed by atoms with Gasteiger partial charge in [0.25, 0.3) is 11.7 Å². The number of ether oxygens (including phenoxy) is 2.